The average molecular weight is 509 g/mol. The van der Waals surface area contributed by atoms with E-state index >= 15 is 0 Å². The predicted molar refractivity (Wildman–Crippen MR) is 138 cm³/mol. The average Bonchev–Trinajstić information content (AvgIpc) is 2.74. The van der Waals surface area contributed by atoms with E-state index in [2.05, 4.69) is 31.0 Å². The standard InChI is InChI=1S/C25H50N2O2.H3O4P/c1-4-19-27-20-21-29-22-24(27)26-25(28)18-16-14-12-10-8-6-5-7-9-11-13-15-17-23(2)3;1-5(2,3)4/h23-24H,4-22H2,1-3H3,(H,26,28);(H3,1,2,3,4). The number of ether oxygens (including phenoxy) is 1. The van der Waals surface area contributed by atoms with Crippen molar-refractivity contribution in [3.63, 3.8) is 0 Å². The number of unbranched alkanes of at least 4 members (excludes halogenated alkanes) is 11. The fourth-order valence-corrected chi connectivity index (χ4v) is 4.19. The lowest BCUT2D eigenvalue weighted by molar-refractivity contribution is -0.125. The lowest BCUT2D eigenvalue weighted by atomic mass is 10.0. The van der Waals surface area contributed by atoms with E-state index in [0.717, 1.165) is 38.5 Å². The lowest BCUT2D eigenvalue weighted by Crippen LogP contribution is -2.55. The summed E-state index contributed by atoms with van der Waals surface area (Å²) in [6, 6.07) is 0. The van der Waals surface area contributed by atoms with Crippen molar-refractivity contribution >= 4 is 13.7 Å². The summed E-state index contributed by atoms with van der Waals surface area (Å²) in [6.07, 6.45) is 19.3. The molecule has 1 saturated heterocycles. The van der Waals surface area contributed by atoms with Crippen molar-refractivity contribution in [1.82, 2.24) is 10.2 Å². The first-order valence-electron chi connectivity index (χ1n) is 13.5. The van der Waals surface area contributed by atoms with Gasteiger partial charge in [-0.2, -0.15) is 0 Å². The van der Waals surface area contributed by atoms with Crippen LogP contribution in [0.4, 0.5) is 0 Å². The van der Waals surface area contributed by atoms with Gasteiger partial charge in [-0.3, -0.25) is 9.69 Å². The third kappa shape index (κ3) is 24.6. The Morgan fingerprint density at radius 1 is 0.941 bits per heavy atom. The number of carbonyl (C=O) groups is 1. The van der Waals surface area contributed by atoms with Gasteiger partial charge < -0.3 is 24.7 Å². The topological polar surface area (TPSA) is 119 Å². The highest BCUT2D eigenvalue weighted by Crippen LogP contribution is 2.25. The molecule has 1 aliphatic heterocycles. The highest BCUT2D eigenvalue weighted by Gasteiger charge is 2.23. The third-order valence-electron chi connectivity index (χ3n) is 6.01. The van der Waals surface area contributed by atoms with Crippen molar-refractivity contribution < 1.29 is 28.8 Å². The van der Waals surface area contributed by atoms with Crippen molar-refractivity contribution in [3.05, 3.63) is 0 Å². The van der Waals surface area contributed by atoms with Crippen LogP contribution in [0.15, 0.2) is 0 Å². The molecule has 204 valence electrons. The summed E-state index contributed by atoms with van der Waals surface area (Å²) < 4.78 is 14.4. The molecule has 1 fully saturated rings. The minimum Gasteiger partial charge on any atom is -0.377 e. The van der Waals surface area contributed by atoms with Gasteiger partial charge in [0.2, 0.25) is 5.91 Å². The number of nitrogens with zero attached hydrogens (tertiary/aromatic N) is 1. The zero-order valence-electron chi connectivity index (χ0n) is 22.1. The Balaban J connectivity index is 0.00000196. The number of hydrogen-bond donors (Lipinski definition) is 4. The quantitative estimate of drug-likeness (QED) is 0.145. The second-order valence-corrected chi connectivity index (χ2v) is 10.9. The first-order valence-corrected chi connectivity index (χ1v) is 15.1. The Morgan fingerprint density at radius 2 is 1.41 bits per heavy atom. The molecule has 0 aromatic heterocycles. The number of amides is 1. The first kappa shape index (κ1) is 33.5. The van der Waals surface area contributed by atoms with E-state index in [4.69, 9.17) is 24.0 Å². The number of rotatable bonds is 18. The van der Waals surface area contributed by atoms with E-state index in [1.807, 2.05) is 0 Å². The monoisotopic (exact) mass is 508 g/mol. The Bertz CT molecular complexity index is 519. The number of hydrogen-bond acceptors (Lipinski definition) is 4. The molecule has 0 aromatic carbocycles. The second kappa shape index (κ2) is 21.8. The second-order valence-electron chi connectivity index (χ2n) is 9.88. The Hall–Kier alpha value is -0.500. The van der Waals surface area contributed by atoms with Crippen LogP contribution in [0, 0.1) is 5.92 Å². The fourth-order valence-electron chi connectivity index (χ4n) is 4.19. The first-order chi connectivity index (χ1) is 16.1. The van der Waals surface area contributed by atoms with Gasteiger partial charge in [-0.25, -0.2) is 4.57 Å². The van der Waals surface area contributed by atoms with E-state index in [1.54, 1.807) is 0 Å². The van der Waals surface area contributed by atoms with E-state index in [1.165, 1.54) is 77.0 Å². The molecule has 1 aliphatic rings. The summed E-state index contributed by atoms with van der Waals surface area (Å²) in [4.78, 5) is 36.1. The maximum atomic E-state index is 12.2. The van der Waals surface area contributed by atoms with E-state index in [0.29, 0.717) is 13.0 Å². The van der Waals surface area contributed by atoms with Gasteiger partial charge in [-0.1, -0.05) is 97.8 Å². The van der Waals surface area contributed by atoms with Crippen LogP contribution in [-0.4, -0.2) is 58.0 Å². The van der Waals surface area contributed by atoms with E-state index in [-0.39, 0.29) is 12.1 Å². The normalized spacial score (nSPS) is 16.9. The summed E-state index contributed by atoms with van der Waals surface area (Å²) in [7, 11) is -4.64. The molecule has 34 heavy (non-hydrogen) atoms. The van der Waals surface area contributed by atoms with Gasteiger partial charge in [0.15, 0.2) is 0 Å². The summed E-state index contributed by atoms with van der Waals surface area (Å²) in [5.74, 6) is 1.06. The maximum absolute atomic E-state index is 12.2. The number of nitrogens with one attached hydrogen (secondary N) is 1. The fraction of sp³-hybridized carbons (Fsp3) is 0.960. The zero-order chi connectivity index (χ0) is 25.7. The number of morpholine rings is 1. The van der Waals surface area contributed by atoms with Crippen LogP contribution in [0.25, 0.3) is 0 Å². The van der Waals surface area contributed by atoms with Crippen molar-refractivity contribution in [2.45, 2.75) is 123 Å². The molecule has 0 radical (unpaired) electrons. The predicted octanol–water partition coefficient (Wildman–Crippen LogP) is 5.36. The molecule has 1 unspecified atom stereocenters. The molecule has 8 nitrogen and oxygen atoms in total. The van der Waals surface area contributed by atoms with Crippen LogP contribution in [0.1, 0.15) is 117 Å². The number of carbonyl (C=O) groups excluding carboxylic acids is 1. The molecule has 1 amide bonds. The maximum Gasteiger partial charge on any atom is 0.466 e. The van der Waals surface area contributed by atoms with Gasteiger partial charge in [-0.05, 0) is 25.3 Å². The van der Waals surface area contributed by atoms with Crippen molar-refractivity contribution in [1.29, 1.82) is 0 Å². The molecule has 0 saturated carbocycles. The minimum atomic E-state index is -4.64. The Labute approximate surface area is 208 Å². The van der Waals surface area contributed by atoms with Gasteiger partial charge >= 0.3 is 7.82 Å². The van der Waals surface area contributed by atoms with Crippen LogP contribution >= 0.6 is 7.82 Å². The van der Waals surface area contributed by atoms with Gasteiger partial charge in [0.25, 0.3) is 0 Å². The molecule has 0 spiro atoms. The molecule has 9 heteroatoms. The molecule has 1 rings (SSSR count). The van der Waals surface area contributed by atoms with Crippen LogP contribution in [-0.2, 0) is 14.1 Å². The molecule has 0 bridgehead atoms. The Morgan fingerprint density at radius 3 is 1.88 bits per heavy atom. The molecule has 4 N–H and O–H groups in total. The summed E-state index contributed by atoms with van der Waals surface area (Å²) >= 11 is 0. The van der Waals surface area contributed by atoms with Crippen LogP contribution in [0.2, 0.25) is 0 Å². The van der Waals surface area contributed by atoms with Crippen molar-refractivity contribution in [2.24, 2.45) is 5.92 Å². The number of phosphoric acid groups is 1. The van der Waals surface area contributed by atoms with Crippen LogP contribution in [0.3, 0.4) is 0 Å². The van der Waals surface area contributed by atoms with Gasteiger partial charge in [0.1, 0.15) is 6.17 Å². The third-order valence-corrected chi connectivity index (χ3v) is 6.01. The van der Waals surface area contributed by atoms with Gasteiger partial charge in [0, 0.05) is 13.0 Å². The van der Waals surface area contributed by atoms with Crippen LogP contribution < -0.4 is 5.32 Å². The summed E-state index contributed by atoms with van der Waals surface area (Å²) in [5.41, 5.74) is 0. The largest absolute Gasteiger partial charge is 0.466 e. The smallest absolute Gasteiger partial charge is 0.377 e. The minimum absolute atomic E-state index is 0.0754. The van der Waals surface area contributed by atoms with Crippen LogP contribution in [0.5, 0.6) is 0 Å². The van der Waals surface area contributed by atoms with Gasteiger partial charge in [0.05, 0.1) is 13.2 Å². The SMILES string of the molecule is CCCN1CCOCC1NC(=O)CCCCCCCCCCCCCCC(C)C.O=P(O)(O)O. The highest BCUT2D eigenvalue weighted by atomic mass is 31.2. The van der Waals surface area contributed by atoms with Crippen molar-refractivity contribution in [2.75, 3.05) is 26.3 Å². The Kier molecular flexibility index (Phi) is 21.4. The molecule has 1 heterocycles. The summed E-state index contributed by atoms with van der Waals surface area (Å²) in [5, 5.41) is 3.16. The highest BCUT2D eigenvalue weighted by molar-refractivity contribution is 7.45. The molecule has 0 aliphatic carbocycles. The van der Waals surface area contributed by atoms with Crippen molar-refractivity contribution in [3.8, 4) is 0 Å². The molecule has 1 atom stereocenters. The van der Waals surface area contributed by atoms with E-state index in [9.17, 15) is 4.79 Å². The lowest BCUT2D eigenvalue weighted by Gasteiger charge is -2.35. The molecular weight excluding hydrogens is 455 g/mol. The molecule has 0 aromatic rings. The summed E-state index contributed by atoms with van der Waals surface area (Å²) in [6.45, 7) is 10.2. The van der Waals surface area contributed by atoms with Gasteiger partial charge in [-0.15, -0.1) is 0 Å². The zero-order valence-corrected chi connectivity index (χ0v) is 22.9. The van der Waals surface area contributed by atoms with E-state index < -0.39 is 7.82 Å². The molecular formula is C25H53N2O6P.